The van der Waals surface area contributed by atoms with Gasteiger partial charge in [-0.15, -0.1) is 0 Å². The molecule has 5 heteroatoms. The number of amides is 1. The number of esters is 1. The first-order valence-electron chi connectivity index (χ1n) is 7.16. The molecule has 5 nitrogen and oxygen atoms in total. The van der Waals surface area contributed by atoms with Crippen LogP contribution in [0.1, 0.15) is 24.5 Å². The van der Waals surface area contributed by atoms with Crippen LogP contribution in [0, 0.1) is 13.8 Å². The van der Waals surface area contributed by atoms with E-state index >= 15 is 0 Å². The molecule has 1 fully saturated rings. The van der Waals surface area contributed by atoms with Crippen molar-refractivity contribution in [2.75, 3.05) is 24.7 Å². The van der Waals surface area contributed by atoms with Gasteiger partial charge in [-0.2, -0.15) is 0 Å². The molecule has 1 atom stereocenters. The highest BCUT2D eigenvalue weighted by atomic mass is 16.5. The molecule has 0 spiro atoms. The van der Waals surface area contributed by atoms with E-state index in [9.17, 15) is 9.59 Å². The van der Waals surface area contributed by atoms with Gasteiger partial charge in [0.2, 0.25) is 0 Å². The molecule has 1 unspecified atom stereocenters. The Bertz CT molecular complexity index is 521. The van der Waals surface area contributed by atoms with Gasteiger partial charge in [0.25, 0.3) is 5.91 Å². The summed E-state index contributed by atoms with van der Waals surface area (Å²) >= 11 is 0. The fraction of sp³-hybridized carbons (Fsp3) is 0.500. The molecule has 1 saturated heterocycles. The lowest BCUT2D eigenvalue weighted by Crippen LogP contribution is -2.43. The van der Waals surface area contributed by atoms with E-state index < -0.39 is 0 Å². The van der Waals surface area contributed by atoms with E-state index in [1.165, 1.54) is 0 Å². The largest absolute Gasteiger partial charge is 0.463 e. The molecule has 1 heterocycles. The van der Waals surface area contributed by atoms with Crippen LogP contribution in [-0.4, -0.2) is 37.7 Å². The summed E-state index contributed by atoms with van der Waals surface area (Å²) in [5, 5.41) is 0. The topological polar surface area (TPSA) is 55.8 Å². The number of hydrogen-bond acceptors (Lipinski definition) is 4. The van der Waals surface area contributed by atoms with Crippen LogP contribution in [0.15, 0.2) is 18.2 Å². The quantitative estimate of drug-likeness (QED) is 0.779. The van der Waals surface area contributed by atoms with Gasteiger partial charge in [-0.3, -0.25) is 9.59 Å². The molecule has 1 amide bonds. The van der Waals surface area contributed by atoms with Crippen LogP contribution in [0.4, 0.5) is 5.69 Å². The van der Waals surface area contributed by atoms with Crippen molar-refractivity contribution in [2.45, 2.75) is 33.2 Å². The van der Waals surface area contributed by atoms with E-state index in [-0.39, 0.29) is 37.6 Å². The van der Waals surface area contributed by atoms with Gasteiger partial charge in [-0.25, -0.2) is 0 Å². The van der Waals surface area contributed by atoms with Crippen molar-refractivity contribution in [3.8, 4) is 0 Å². The number of rotatable bonds is 5. The van der Waals surface area contributed by atoms with Crippen molar-refractivity contribution in [1.29, 1.82) is 0 Å². The first-order chi connectivity index (χ1) is 10.0. The molecular weight excluding hydrogens is 270 g/mol. The van der Waals surface area contributed by atoms with Crippen molar-refractivity contribution in [3.63, 3.8) is 0 Å². The standard InChI is InChI=1S/C16H21NO4/c1-4-20-10-14(18)17(13-8-15(19)21-9-13)16-11(2)6-5-7-12(16)3/h5-7,13H,4,8-10H2,1-3H3. The van der Waals surface area contributed by atoms with Gasteiger partial charge in [0, 0.05) is 6.61 Å². The third kappa shape index (κ3) is 3.42. The number of aryl methyl sites for hydroxylation is 2. The van der Waals surface area contributed by atoms with Gasteiger partial charge < -0.3 is 14.4 Å². The number of nitrogens with zero attached hydrogens (tertiary/aromatic N) is 1. The zero-order chi connectivity index (χ0) is 15.4. The first kappa shape index (κ1) is 15.5. The molecule has 0 N–H and O–H groups in total. The van der Waals surface area contributed by atoms with E-state index in [4.69, 9.17) is 9.47 Å². The van der Waals surface area contributed by atoms with E-state index in [1.54, 1.807) is 4.90 Å². The van der Waals surface area contributed by atoms with E-state index in [1.807, 2.05) is 39.0 Å². The molecule has 0 radical (unpaired) electrons. The Balaban J connectivity index is 2.35. The molecule has 21 heavy (non-hydrogen) atoms. The molecule has 0 aliphatic carbocycles. The summed E-state index contributed by atoms with van der Waals surface area (Å²) in [5.74, 6) is -0.405. The van der Waals surface area contributed by atoms with E-state index in [2.05, 4.69) is 0 Å². The van der Waals surface area contributed by atoms with Crippen molar-refractivity contribution in [2.24, 2.45) is 0 Å². The maximum Gasteiger partial charge on any atom is 0.308 e. The Morgan fingerprint density at radius 3 is 2.57 bits per heavy atom. The number of ether oxygens (including phenoxy) is 2. The summed E-state index contributed by atoms with van der Waals surface area (Å²) in [6.07, 6.45) is 0.228. The average molecular weight is 291 g/mol. The zero-order valence-corrected chi connectivity index (χ0v) is 12.7. The van der Waals surface area contributed by atoms with E-state index in [0.717, 1.165) is 16.8 Å². The van der Waals surface area contributed by atoms with Gasteiger partial charge in [0.05, 0.1) is 18.2 Å². The Labute approximate surface area is 124 Å². The maximum absolute atomic E-state index is 12.5. The predicted octanol–water partition coefficient (Wildman–Crippen LogP) is 1.99. The molecular formula is C16H21NO4. The lowest BCUT2D eigenvalue weighted by molar-refractivity contribution is -0.138. The van der Waals surface area contributed by atoms with Crippen LogP contribution in [0.2, 0.25) is 0 Å². The highest BCUT2D eigenvalue weighted by Crippen LogP contribution is 2.29. The summed E-state index contributed by atoms with van der Waals surface area (Å²) in [7, 11) is 0. The number of benzene rings is 1. The average Bonchev–Trinajstić information content (AvgIpc) is 2.86. The first-order valence-corrected chi connectivity index (χ1v) is 7.16. The summed E-state index contributed by atoms with van der Waals surface area (Å²) in [6, 6.07) is 5.61. The SMILES string of the molecule is CCOCC(=O)N(c1c(C)cccc1C)C1COC(=O)C1. The Kier molecular flexibility index (Phi) is 4.96. The number of carbonyl (C=O) groups excluding carboxylic acids is 2. The number of para-hydroxylation sites is 1. The molecule has 2 rings (SSSR count). The fourth-order valence-electron chi connectivity index (χ4n) is 2.62. The van der Waals surface area contributed by atoms with Crippen molar-refractivity contribution in [1.82, 2.24) is 0 Å². The molecule has 0 aromatic heterocycles. The number of carbonyl (C=O) groups is 2. The third-order valence-corrected chi connectivity index (χ3v) is 3.58. The minimum absolute atomic E-state index is 0.00889. The second-order valence-corrected chi connectivity index (χ2v) is 5.18. The highest BCUT2D eigenvalue weighted by molar-refractivity contribution is 5.97. The van der Waals surface area contributed by atoms with Crippen LogP contribution in [0.3, 0.4) is 0 Å². The van der Waals surface area contributed by atoms with Crippen LogP contribution in [0.25, 0.3) is 0 Å². The summed E-state index contributed by atoms with van der Waals surface area (Å²) < 4.78 is 10.3. The van der Waals surface area contributed by atoms with Gasteiger partial charge in [0.1, 0.15) is 13.2 Å². The molecule has 114 valence electrons. The Morgan fingerprint density at radius 2 is 2.05 bits per heavy atom. The smallest absolute Gasteiger partial charge is 0.308 e. The molecule has 1 aromatic carbocycles. The van der Waals surface area contributed by atoms with Gasteiger partial charge in [0.15, 0.2) is 0 Å². The summed E-state index contributed by atoms with van der Waals surface area (Å²) in [4.78, 5) is 25.6. The molecule has 0 saturated carbocycles. The monoisotopic (exact) mass is 291 g/mol. The molecule has 1 aliphatic heterocycles. The predicted molar refractivity (Wildman–Crippen MR) is 79.3 cm³/mol. The number of cyclic esters (lactones) is 1. The lowest BCUT2D eigenvalue weighted by Gasteiger charge is -2.30. The van der Waals surface area contributed by atoms with Crippen LogP contribution in [-0.2, 0) is 19.1 Å². The third-order valence-electron chi connectivity index (χ3n) is 3.58. The second-order valence-electron chi connectivity index (χ2n) is 5.18. The van der Waals surface area contributed by atoms with Gasteiger partial charge >= 0.3 is 5.97 Å². The number of anilines is 1. The van der Waals surface area contributed by atoms with E-state index in [0.29, 0.717) is 6.61 Å². The highest BCUT2D eigenvalue weighted by Gasteiger charge is 2.34. The fourth-order valence-corrected chi connectivity index (χ4v) is 2.62. The molecule has 1 aliphatic rings. The lowest BCUT2D eigenvalue weighted by atomic mass is 10.0. The van der Waals surface area contributed by atoms with Gasteiger partial charge in [-0.05, 0) is 31.9 Å². The second kappa shape index (κ2) is 6.72. The minimum atomic E-state index is -0.263. The number of hydrogen-bond donors (Lipinski definition) is 0. The van der Waals surface area contributed by atoms with Crippen LogP contribution >= 0.6 is 0 Å². The van der Waals surface area contributed by atoms with Gasteiger partial charge in [-0.1, -0.05) is 18.2 Å². The van der Waals surface area contributed by atoms with Crippen molar-refractivity contribution < 1.29 is 19.1 Å². The summed E-state index contributed by atoms with van der Waals surface area (Å²) in [6.45, 7) is 6.49. The molecule has 1 aromatic rings. The van der Waals surface area contributed by atoms with Crippen LogP contribution < -0.4 is 4.90 Å². The minimum Gasteiger partial charge on any atom is -0.463 e. The molecule has 0 bridgehead atoms. The Hall–Kier alpha value is -1.88. The summed E-state index contributed by atoms with van der Waals surface area (Å²) in [5.41, 5.74) is 2.85. The van der Waals surface area contributed by atoms with Crippen molar-refractivity contribution in [3.05, 3.63) is 29.3 Å². The zero-order valence-electron chi connectivity index (χ0n) is 12.7. The van der Waals surface area contributed by atoms with Crippen molar-refractivity contribution >= 4 is 17.6 Å². The maximum atomic E-state index is 12.5. The normalized spacial score (nSPS) is 17.7. The van der Waals surface area contributed by atoms with Crippen LogP contribution in [0.5, 0.6) is 0 Å². The Morgan fingerprint density at radius 1 is 1.38 bits per heavy atom.